The van der Waals surface area contributed by atoms with Crippen molar-refractivity contribution in [2.75, 3.05) is 13.3 Å². The van der Waals surface area contributed by atoms with Gasteiger partial charge in [0.25, 0.3) is 0 Å². The van der Waals surface area contributed by atoms with E-state index in [9.17, 15) is 18.4 Å². The molecule has 0 N–H and O–H groups in total. The minimum Gasteiger partial charge on any atom is -0.291 e. The largest absolute Gasteiger partial charge is 0.291 e. The lowest BCUT2D eigenvalue weighted by atomic mass is 10.0. The summed E-state index contributed by atoms with van der Waals surface area (Å²) in [5.41, 5.74) is -0.728. The number of halogens is 5. The molecule has 7 heteroatoms. The Kier molecular flexibility index (Phi) is 4.86. The third-order valence-corrected chi connectivity index (χ3v) is 2.94. The van der Waals surface area contributed by atoms with Gasteiger partial charge in [-0.1, -0.05) is 34.8 Å². The Morgan fingerprint density at radius 1 is 0.941 bits per heavy atom. The zero-order chi connectivity index (χ0) is 13.2. The summed E-state index contributed by atoms with van der Waals surface area (Å²) in [7, 11) is 0. The second kappa shape index (κ2) is 5.76. The molecule has 0 fully saturated rings. The van der Waals surface area contributed by atoms with Gasteiger partial charge in [-0.2, -0.15) is 0 Å². The van der Waals surface area contributed by atoms with Crippen LogP contribution in [0.25, 0.3) is 0 Å². The van der Waals surface area contributed by atoms with Gasteiger partial charge in [-0.3, -0.25) is 9.59 Å². The number of carbonyl (C=O) groups is 2. The number of alkyl halides is 2. The molecule has 1 aromatic carbocycles. The van der Waals surface area contributed by atoms with Crippen molar-refractivity contribution in [1.29, 1.82) is 0 Å². The highest BCUT2D eigenvalue weighted by atomic mass is 35.5. The van der Waals surface area contributed by atoms with E-state index in [1.165, 1.54) is 0 Å². The maximum atomic E-state index is 12.3. The maximum absolute atomic E-state index is 12.3. The van der Waals surface area contributed by atoms with Gasteiger partial charge < -0.3 is 0 Å². The van der Waals surface area contributed by atoms with Crippen LogP contribution in [0.2, 0.25) is 15.1 Å². The lowest BCUT2D eigenvalue weighted by Gasteiger charge is -2.10. The maximum Gasteiger partial charge on any atom is 0.196 e. The van der Waals surface area contributed by atoms with Crippen LogP contribution in [0.4, 0.5) is 8.78 Å². The average Bonchev–Trinajstić information content (AvgIpc) is 2.27. The summed E-state index contributed by atoms with van der Waals surface area (Å²) >= 11 is 17.1. The second-order valence-corrected chi connectivity index (χ2v) is 4.21. The lowest BCUT2D eigenvalue weighted by Crippen LogP contribution is -2.10. The zero-order valence-electron chi connectivity index (χ0n) is 8.20. The molecule has 0 bridgehead atoms. The van der Waals surface area contributed by atoms with E-state index < -0.39 is 29.9 Å². The third kappa shape index (κ3) is 2.76. The van der Waals surface area contributed by atoms with Gasteiger partial charge in [0.05, 0.1) is 26.2 Å². The molecule has 0 saturated heterocycles. The minimum absolute atomic E-state index is 0.182. The summed E-state index contributed by atoms with van der Waals surface area (Å²) in [6.07, 6.45) is 0. The molecule has 0 spiro atoms. The molecule has 1 aromatic rings. The van der Waals surface area contributed by atoms with Crippen LogP contribution >= 0.6 is 34.8 Å². The summed E-state index contributed by atoms with van der Waals surface area (Å²) in [6, 6.07) is 1.06. The Labute approximate surface area is 110 Å². The Balaban J connectivity index is 3.54. The molecular formula is C10H5Cl3F2O2. The number of carbonyl (C=O) groups excluding carboxylic acids is 2. The van der Waals surface area contributed by atoms with Crippen LogP contribution in [-0.2, 0) is 0 Å². The summed E-state index contributed by atoms with van der Waals surface area (Å²) in [5.74, 6) is -1.99. The van der Waals surface area contributed by atoms with E-state index in [0.29, 0.717) is 0 Å². The van der Waals surface area contributed by atoms with Crippen molar-refractivity contribution in [3.63, 3.8) is 0 Å². The van der Waals surface area contributed by atoms with Gasteiger partial charge in [0, 0.05) is 0 Å². The highest BCUT2D eigenvalue weighted by Crippen LogP contribution is 2.34. The molecule has 0 aliphatic heterocycles. The first-order valence-corrected chi connectivity index (χ1v) is 5.43. The van der Waals surface area contributed by atoms with Crippen molar-refractivity contribution < 1.29 is 18.4 Å². The molecule has 2 nitrogen and oxygen atoms in total. The van der Waals surface area contributed by atoms with E-state index in [4.69, 9.17) is 34.8 Å². The fourth-order valence-corrected chi connectivity index (χ4v) is 2.42. The van der Waals surface area contributed by atoms with E-state index in [1.54, 1.807) is 0 Å². The summed E-state index contributed by atoms with van der Waals surface area (Å²) in [5, 5.41) is -0.788. The van der Waals surface area contributed by atoms with Crippen LogP contribution in [0.1, 0.15) is 20.7 Å². The fraction of sp³-hybridized carbons (Fsp3) is 0.200. The van der Waals surface area contributed by atoms with Crippen LogP contribution in [0.5, 0.6) is 0 Å². The van der Waals surface area contributed by atoms with Gasteiger partial charge in [0.2, 0.25) is 0 Å². The molecule has 0 unspecified atom stereocenters. The van der Waals surface area contributed by atoms with Gasteiger partial charge >= 0.3 is 0 Å². The molecule has 92 valence electrons. The molecule has 0 radical (unpaired) electrons. The Bertz CT molecular complexity index is 449. The smallest absolute Gasteiger partial charge is 0.196 e. The molecule has 0 aromatic heterocycles. The van der Waals surface area contributed by atoms with Gasteiger partial charge in [-0.15, -0.1) is 0 Å². The summed E-state index contributed by atoms with van der Waals surface area (Å²) in [6.45, 7) is -2.66. The first kappa shape index (κ1) is 14.4. The first-order chi connectivity index (χ1) is 7.93. The number of ketones is 2. The van der Waals surface area contributed by atoms with Gasteiger partial charge in [-0.05, 0) is 6.07 Å². The molecule has 0 aliphatic carbocycles. The number of hydrogen-bond donors (Lipinski definition) is 0. The van der Waals surface area contributed by atoms with E-state index in [0.717, 1.165) is 6.07 Å². The molecule has 1 rings (SSSR count). The Hall–Kier alpha value is -0.710. The molecular weight excluding hydrogens is 296 g/mol. The Morgan fingerprint density at radius 3 is 1.59 bits per heavy atom. The van der Waals surface area contributed by atoms with Crippen molar-refractivity contribution in [2.45, 2.75) is 0 Å². The topological polar surface area (TPSA) is 34.1 Å². The minimum atomic E-state index is -1.33. The van der Waals surface area contributed by atoms with Crippen LogP contribution in [-0.4, -0.2) is 24.9 Å². The van der Waals surface area contributed by atoms with E-state index in [-0.39, 0.29) is 21.2 Å². The third-order valence-electron chi connectivity index (χ3n) is 1.97. The quantitative estimate of drug-likeness (QED) is 0.789. The van der Waals surface area contributed by atoms with E-state index >= 15 is 0 Å². The van der Waals surface area contributed by atoms with Gasteiger partial charge in [0.1, 0.15) is 0 Å². The standard InChI is InChI=1S/C10H5Cl3F2O2/c11-4-1-5(12)9(7(17)3-15)10(13)8(4)6(16)2-14/h1H,2-3H2. The molecule has 0 saturated carbocycles. The van der Waals surface area contributed by atoms with E-state index in [2.05, 4.69) is 0 Å². The monoisotopic (exact) mass is 300 g/mol. The molecule has 0 heterocycles. The number of rotatable bonds is 4. The van der Waals surface area contributed by atoms with Crippen LogP contribution in [0, 0.1) is 0 Å². The Morgan fingerprint density at radius 2 is 1.29 bits per heavy atom. The van der Waals surface area contributed by atoms with Crippen LogP contribution in [0.15, 0.2) is 6.07 Å². The van der Waals surface area contributed by atoms with Crippen molar-refractivity contribution in [2.24, 2.45) is 0 Å². The van der Waals surface area contributed by atoms with E-state index in [1.807, 2.05) is 0 Å². The highest BCUT2D eigenvalue weighted by molar-refractivity contribution is 6.45. The van der Waals surface area contributed by atoms with Crippen LogP contribution < -0.4 is 0 Å². The predicted octanol–water partition coefficient (Wildman–Crippen LogP) is 3.95. The SMILES string of the molecule is O=C(CF)c1c(Cl)cc(Cl)c(C(=O)CF)c1Cl. The van der Waals surface area contributed by atoms with Crippen molar-refractivity contribution in [3.8, 4) is 0 Å². The normalized spacial score (nSPS) is 10.4. The summed E-state index contributed by atoms with van der Waals surface area (Å²) in [4.78, 5) is 22.5. The second-order valence-electron chi connectivity index (χ2n) is 3.02. The molecule has 0 amide bonds. The first-order valence-electron chi connectivity index (χ1n) is 4.29. The number of Topliss-reactive ketones (excluding diaryl/α,β-unsaturated/α-hetero) is 2. The molecule has 0 atom stereocenters. The molecule has 0 aliphatic rings. The zero-order valence-corrected chi connectivity index (χ0v) is 10.5. The lowest BCUT2D eigenvalue weighted by molar-refractivity contribution is 0.0959. The predicted molar refractivity (Wildman–Crippen MR) is 62.1 cm³/mol. The van der Waals surface area contributed by atoms with Crippen molar-refractivity contribution in [3.05, 3.63) is 32.3 Å². The van der Waals surface area contributed by atoms with Crippen molar-refractivity contribution in [1.82, 2.24) is 0 Å². The van der Waals surface area contributed by atoms with Crippen LogP contribution in [0.3, 0.4) is 0 Å². The summed E-state index contributed by atoms with van der Waals surface area (Å²) < 4.78 is 24.6. The van der Waals surface area contributed by atoms with Crippen molar-refractivity contribution >= 4 is 46.4 Å². The van der Waals surface area contributed by atoms with Gasteiger partial charge in [0.15, 0.2) is 24.9 Å². The van der Waals surface area contributed by atoms with Gasteiger partial charge in [-0.25, -0.2) is 8.78 Å². The number of benzene rings is 1. The molecule has 17 heavy (non-hydrogen) atoms. The average molecular weight is 302 g/mol. The fourth-order valence-electron chi connectivity index (χ4n) is 1.24. The number of hydrogen-bond acceptors (Lipinski definition) is 2. The highest BCUT2D eigenvalue weighted by Gasteiger charge is 2.24.